The molecule has 7 heteroatoms. The Morgan fingerprint density at radius 3 is 2.82 bits per heavy atom. The third-order valence-corrected chi connectivity index (χ3v) is 3.51. The summed E-state index contributed by atoms with van der Waals surface area (Å²) in [5.74, 6) is 0.302. The van der Waals surface area contributed by atoms with Crippen molar-refractivity contribution in [1.29, 1.82) is 0 Å². The molecule has 1 saturated heterocycles. The summed E-state index contributed by atoms with van der Waals surface area (Å²) in [7, 11) is 3.57. The maximum absolute atomic E-state index is 10.9. The number of likely N-dealkylation sites (tertiary alicyclic amines) is 1. The molecule has 1 aliphatic rings. The van der Waals surface area contributed by atoms with Gasteiger partial charge in [-0.05, 0) is 19.2 Å². The SMILES string of the molecule is COc1cccc(-c2cc(C(=O)O)no2)c1OC1CN(C)C1. The number of benzene rings is 1. The normalized spacial score (nSPS) is 15.4. The molecule has 7 nitrogen and oxygen atoms in total. The van der Waals surface area contributed by atoms with Gasteiger partial charge in [0.25, 0.3) is 0 Å². The molecule has 0 radical (unpaired) electrons. The van der Waals surface area contributed by atoms with E-state index >= 15 is 0 Å². The van der Waals surface area contributed by atoms with Gasteiger partial charge in [-0.2, -0.15) is 0 Å². The fraction of sp³-hybridized carbons (Fsp3) is 0.333. The van der Waals surface area contributed by atoms with Crippen molar-refractivity contribution in [2.75, 3.05) is 27.2 Å². The third-order valence-electron chi connectivity index (χ3n) is 3.51. The molecule has 1 fully saturated rings. The number of aromatic nitrogens is 1. The minimum atomic E-state index is -1.14. The van der Waals surface area contributed by atoms with Crippen molar-refractivity contribution in [1.82, 2.24) is 10.1 Å². The lowest BCUT2D eigenvalue weighted by Gasteiger charge is -2.36. The van der Waals surface area contributed by atoms with Crippen molar-refractivity contribution in [3.05, 3.63) is 30.0 Å². The molecule has 0 unspecified atom stereocenters. The Bertz CT molecular complexity index is 691. The summed E-state index contributed by atoms with van der Waals surface area (Å²) in [4.78, 5) is 13.1. The summed E-state index contributed by atoms with van der Waals surface area (Å²) in [5.41, 5.74) is 0.473. The first-order valence-corrected chi connectivity index (χ1v) is 6.81. The monoisotopic (exact) mass is 304 g/mol. The van der Waals surface area contributed by atoms with Crippen LogP contribution in [0.2, 0.25) is 0 Å². The molecule has 22 heavy (non-hydrogen) atoms. The van der Waals surface area contributed by atoms with Crippen LogP contribution in [0, 0.1) is 0 Å². The lowest BCUT2D eigenvalue weighted by molar-refractivity contribution is 0.0373. The van der Waals surface area contributed by atoms with Crippen molar-refractivity contribution in [2.45, 2.75) is 6.10 Å². The Labute approximate surface area is 127 Å². The summed E-state index contributed by atoms with van der Waals surface area (Å²) in [5, 5.41) is 12.5. The molecule has 1 aromatic carbocycles. The number of likely N-dealkylation sites (N-methyl/N-ethyl adjacent to an activating group) is 1. The quantitative estimate of drug-likeness (QED) is 0.900. The van der Waals surface area contributed by atoms with E-state index in [2.05, 4.69) is 10.1 Å². The van der Waals surface area contributed by atoms with Gasteiger partial charge in [0, 0.05) is 19.2 Å². The zero-order chi connectivity index (χ0) is 15.7. The van der Waals surface area contributed by atoms with Crippen LogP contribution in [0.4, 0.5) is 0 Å². The van der Waals surface area contributed by atoms with E-state index in [1.807, 2.05) is 7.05 Å². The van der Waals surface area contributed by atoms with Crippen molar-refractivity contribution in [2.24, 2.45) is 0 Å². The molecule has 0 spiro atoms. The van der Waals surface area contributed by atoms with Crippen LogP contribution in [0.1, 0.15) is 10.5 Å². The lowest BCUT2D eigenvalue weighted by atomic mass is 10.1. The molecule has 1 N–H and O–H groups in total. The highest BCUT2D eigenvalue weighted by molar-refractivity contribution is 5.87. The van der Waals surface area contributed by atoms with Crippen LogP contribution in [0.3, 0.4) is 0 Å². The third kappa shape index (κ3) is 2.62. The van der Waals surface area contributed by atoms with Crippen LogP contribution < -0.4 is 9.47 Å². The van der Waals surface area contributed by atoms with E-state index in [4.69, 9.17) is 19.1 Å². The van der Waals surface area contributed by atoms with Crippen LogP contribution in [-0.2, 0) is 0 Å². The highest BCUT2D eigenvalue weighted by Gasteiger charge is 2.28. The molecule has 0 aliphatic carbocycles. The molecule has 1 aromatic heterocycles. The molecule has 2 aromatic rings. The number of aromatic carboxylic acids is 1. The number of methoxy groups -OCH3 is 1. The van der Waals surface area contributed by atoms with Crippen molar-refractivity contribution < 1.29 is 23.9 Å². The smallest absolute Gasteiger partial charge is 0.358 e. The number of hydrogen-bond acceptors (Lipinski definition) is 6. The van der Waals surface area contributed by atoms with Crippen molar-refractivity contribution in [3.8, 4) is 22.8 Å². The van der Waals surface area contributed by atoms with Gasteiger partial charge in [-0.15, -0.1) is 0 Å². The topological polar surface area (TPSA) is 85.0 Å². The van der Waals surface area contributed by atoms with E-state index in [0.717, 1.165) is 13.1 Å². The number of carboxylic acid groups (broad SMARTS) is 1. The predicted molar refractivity (Wildman–Crippen MR) is 77.4 cm³/mol. The molecule has 0 amide bonds. The number of para-hydroxylation sites is 1. The van der Waals surface area contributed by atoms with Crippen molar-refractivity contribution in [3.63, 3.8) is 0 Å². The molecular formula is C15H16N2O5. The minimum absolute atomic E-state index is 0.0712. The highest BCUT2D eigenvalue weighted by atomic mass is 16.5. The van der Waals surface area contributed by atoms with E-state index in [0.29, 0.717) is 22.8 Å². The summed E-state index contributed by atoms with van der Waals surface area (Å²) >= 11 is 0. The van der Waals surface area contributed by atoms with Gasteiger partial charge >= 0.3 is 5.97 Å². The molecule has 3 rings (SSSR count). The van der Waals surface area contributed by atoms with E-state index in [9.17, 15) is 4.79 Å². The first kappa shape index (κ1) is 14.4. The van der Waals surface area contributed by atoms with Crippen molar-refractivity contribution >= 4 is 5.97 Å². The van der Waals surface area contributed by atoms with Crippen LogP contribution in [0.15, 0.2) is 28.8 Å². The summed E-state index contributed by atoms with van der Waals surface area (Å²) in [6, 6.07) is 6.73. The second-order valence-corrected chi connectivity index (χ2v) is 5.18. The Morgan fingerprint density at radius 2 is 2.23 bits per heavy atom. The van der Waals surface area contributed by atoms with Gasteiger partial charge in [0.2, 0.25) is 0 Å². The standard InChI is InChI=1S/C15H16N2O5/c1-17-7-9(8-17)21-14-10(4-3-5-12(14)20-2)13-6-11(15(18)19)16-22-13/h3-6,9H,7-8H2,1-2H3,(H,18,19). The molecule has 0 bridgehead atoms. The molecule has 2 heterocycles. The van der Waals surface area contributed by atoms with E-state index in [-0.39, 0.29) is 11.8 Å². The number of hydrogen-bond donors (Lipinski definition) is 1. The highest BCUT2D eigenvalue weighted by Crippen LogP contribution is 2.39. The van der Waals surface area contributed by atoms with Gasteiger partial charge in [-0.1, -0.05) is 11.2 Å². The fourth-order valence-electron chi connectivity index (χ4n) is 2.38. The Balaban J connectivity index is 1.96. The largest absolute Gasteiger partial charge is 0.493 e. The first-order chi connectivity index (χ1) is 10.6. The first-order valence-electron chi connectivity index (χ1n) is 6.81. The average Bonchev–Trinajstić information content (AvgIpc) is 2.95. The second-order valence-electron chi connectivity index (χ2n) is 5.18. The number of rotatable bonds is 5. The number of ether oxygens (including phenoxy) is 2. The number of carbonyl (C=O) groups is 1. The molecule has 0 saturated carbocycles. The summed E-state index contributed by atoms with van der Waals surface area (Å²) in [6.07, 6.45) is 0.0712. The van der Waals surface area contributed by atoms with Gasteiger partial charge in [0.05, 0.1) is 12.7 Å². The van der Waals surface area contributed by atoms with E-state index in [1.165, 1.54) is 6.07 Å². The number of nitrogens with zero attached hydrogens (tertiary/aromatic N) is 2. The Kier molecular flexibility index (Phi) is 3.72. The molecule has 0 atom stereocenters. The fourth-order valence-corrected chi connectivity index (χ4v) is 2.38. The van der Waals surface area contributed by atoms with Gasteiger partial charge in [0.1, 0.15) is 6.10 Å². The van der Waals surface area contributed by atoms with Crippen LogP contribution >= 0.6 is 0 Å². The van der Waals surface area contributed by atoms with Gasteiger partial charge in [0.15, 0.2) is 23.0 Å². The second kappa shape index (κ2) is 5.69. The molecule has 1 aliphatic heterocycles. The van der Waals surface area contributed by atoms with Gasteiger partial charge < -0.3 is 19.1 Å². The maximum atomic E-state index is 10.9. The minimum Gasteiger partial charge on any atom is -0.493 e. The van der Waals surface area contributed by atoms with E-state index in [1.54, 1.807) is 25.3 Å². The summed E-state index contributed by atoms with van der Waals surface area (Å²) in [6.45, 7) is 1.66. The Morgan fingerprint density at radius 1 is 1.45 bits per heavy atom. The summed E-state index contributed by atoms with van der Waals surface area (Å²) < 4.78 is 16.5. The zero-order valence-electron chi connectivity index (χ0n) is 12.3. The molecule has 116 valence electrons. The van der Waals surface area contributed by atoms with Gasteiger partial charge in [-0.25, -0.2) is 4.79 Å². The predicted octanol–water partition coefficient (Wildman–Crippen LogP) is 1.74. The van der Waals surface area contributed by atoms with E-state index < -0.39 is 5.97 Å². The van der Waals surface area contributed by atoms with Crippen LogP contribution in [0.25, 0.3) is 11.3 Å². The lowest BCUT2D eigenvalue weighted by Crippen LogP contribution is -2.51. The van der Waals surface area contributed by atoms with Gasteiger partial charge in [-0.3, -0.25) is 4.90 Å². The number of carboxylic acids is 1. The maximum Gasteiger partial charge on any atom is 0.358 e. The Hall–Kier alpha value is -2.54. The van der Waals surface area contributed by atoms with Crippen LogP contribution in [-0.4, -0.2) is 54.5 Å². The zero-order valence-corrected chi connectivity index (χ0v) is 12.3. The van der Waals surface area contributed by atoms with Crippen LogP contribution in [0.5, 0.6) is 11.5 Å². The average molecular weight is 304 g/mol. The molecular weight excluding hydrogens is 288 g/mol.